The zero-order valence-electron chi connectivity index (χ0n) is 10.9. The predicted molar refractivity (Wildman–Crippen MR) is 82.6 cm³/mol. The van der Waals surface area contributed by atoms with E-state index in [1.54, 1.807) is 25.1 Å². The minimum atomic E-state index is -1.06. The van der Waals surface area contributed by atoms with Crippen LogP contribution in [0, 0.1) is 11.6 Å². The SMILES string of the molecule is CC(Oc1ccc(Br)cc1Br)C(=O)c1ccc(F)c(F)c1. The molecule has 1 atom stereocenters. The summed E-state index contributed by atoms with van der Waals surface area (Å²) in [6.45, 7) is 1.55. The second kappa shape index (κ2) is 6.66. The molecule has 2 aromatic carbocycles. The van der Waals surface area contributed by atoms with Crippen molar-refractivity contribution >= 4 is 37.6 Å². The van der Waals surface area contributed by atoms with Crippen LogP contribution >= 0.6 is 31.9 Å². The van der Waals surface area contributed by atoms with Gasteiger partial charge in [-0.1, -0.05) is 15.9 Å². The average molecular weight is 420 g/mol. The van der Waals surface area contributed by atoms with Gasteiger partial charge in [-0.15, -0.1) is 0 Å². The van der Waals surface area contributed by atoms with Crippen molar-refractivity contribution in [2.45, 2.75) is 13.0 Å². The van der Waals surface area contributed by atoms with Gasteiger partial charge in [-0.05, 0) is 59.3 Å². The number of carbonyl (C=O) groups is 1. The standard InChI is InChI=1S/C15H10Br2F2O2/c1-8(21-14-5-3-10(16)7-11(14)17)15(20)9-2-4-12(18)13(19)6-9/h2-8H,1H3. The van der Waals surface area contributed by atoms with Gasteiger partial charge in [0.2, 0.25) is 5.78 Å². The maximum atomic E-state index is 13.2. The van der Waals surface area contributed by atoms with Crippen molar-refractivity contribution in [1.29, 1.82) is 0 Å². The first-order valence-corrected chi connectivity index (χ1v) is 7.58. The summed E-state index contributed by atoms with van der Waals surface area (Å²) >= 11 is 6.64. The molecule has 0 aliphatic carbocycles. The van der Waals surface area contributed by atoms with Crippen molar-refractivity contribution in [3.63, 3.8) is 0 Å². The summed E-state index contributed by atoms with van der Waals surface area (Å²) in [5.74, 6) is -1.99. The molecule has 2 nitrogen and oxygen atoms in total. The van der Waals surface area contributed by atoms with E-state index in [1.807, 2.05) is 0 Å². The van der Waals surface area contributed by atoms with E-state index in [0.29, 0.717) is 10.2 Å². The van der Waals surface area contributed by atoms with E-state index < -0.39 is 23.5 Å². The molecule has 21 heavy (non-hydrogen) atoms. The minimum Gasteiger partial charge on any atom is -0.481 e. The first kappa shape index (κ1) is 16.1. The fourth-order valence-corrected chi connectivity index (χ4v) is 2.84. The maximum Gasteiger partial charge on any atom is 0.203 e. The van der Waals surface area contributed by atoms with E-state index in [9.17, 15) is 13.6 Å². The maximum absolute atomic E-state index is 13.2. The van der Waals surface area contributed by atoms with Gasteiger partial charge in [-0.25, -0.2) is 8.78 Å². The van der Waals surface area contributed by atoms with Gasteiger partial charge in [0, 0.05) is 10.0 Å². The van der Waals surface area contributed by atoms with Crippen LogP contribution in [-0.2, 0) is 0 Å². The summed E-state index contributed by atoms with van der Waals surface area (Å²) in [5.41, 5.74) is 0.0645. The van der Waals surface area contributed by atoms with Gasteiger partial charge in [-0.3, -0.25) is 4.79 Å². The third-order valence-corrected chi connectivity index (χ3v) is 3.88. The van der Waals surface area contributed by atoms with Crippen molar-refractivity contribution in [3.05, 3.63) is 62.5 Å². The molecule has 0 saturated carbocycles. The molecule has 0 bridgehead atoms. The van der Waals surface area contributed by atoms with Gasteiger partial charge in [0.25, 0.3) is 0 Å². The Morgan fingerprint density at radius 3 is 2.43 bits per heavy atom. The van der Waals surface area contributed by atoms with Crippen LogP contribution in [0.5, 0.6) is 5.75 Å². The largest absolute Gasteiger partial charge is 0.481 e. The lowest BCUT2D eigenvalue weighted by molar-refractivity contribution is 0.0816. The predicted octanol–water partition coefficient (Wildman–Crippen LogP) is 5.14. The highest BCUT2D eigenvalue weighted by Crippen LogP contribution is 2.29. The Bertz CT molecular complexity index is 689. The molecule has 0 amide bonds. The van der Waals surface area contributed by atoms with E-state index in [0.717, 1.165) is 16.6 Å². The van der Waals surface area contributed by atoms with Crippen LogP contribution in [0.15, 0.2) is 45.3 Å². The van der Waals surface area contributed by atoms with Gasteiger partial charge >= 0.3 is 0 Å². The van der Waals surface area contributed by atoms with Crippen molar-refractivity contribution in [1.82, 2.24) is 0 Å². The minimum absolute atomic E-state index is 0.0645. The van der Waals surface area contributed by atoms with E-state index >= 15 is 0 Å². The fourth-order valence-electron chi connectivity index (χ4n) is 1.70. The molecule has 6 heteroatoms. The molecule has 0 aromatic heterocycles. The Morgan fingerprint density at radius 2 is 1.81 bits per heavy atom. The molecule has 0 aliphatic heterocycles. The van der Waals surface area contributed by atoms with Gasteiger partial charge in [-0.2, -0.15) is 0 Å². The van der Waals surface area contributed by atoms with Crippen LogP contribution in [0.2, 0.25) is 0 Å². The van der Waals surface area contributed by atoms with E-state index in [1.165, 1.54) is 6.07 Å². The van der Waals surface area contributed by atoms with Gasteiger partial charge in [0.1, 0.15) is 5.75 Å². The van der Waals surface area contributed by atoms with Gasteiger partial charge < -0.3 is 4.74 Å². The Kier molecular flexibility index (Phi) is 5.11. The molecule has 0 saturated heterocycles. The average Bonchev–Trinajstić information content (AvgIpc) is 2.44. The number of ketones is 1. The summed E-state index contributed by atoms with van der Waals surface area (Å²) in [4.78, 5) is 12.2. The van der Waals surface area contributed by atoms with Crippen LogP contribution in [-0.4, -0.2) is 11.9 Å². The molecule has 110 valence electrons. The number of Topliss-reactive ketones (excluding diaryl/α,β-unsaturated/α-hetero) is 1. The molecule has 2 aromatic rings. The third kappa shape index (κ3) is 3.89. The number of rotatable bonds is 4. The molecule has 0 N–H and O–H groups in total. The molecule has 0 fully saturated rings. The number of hydrogen-bond donors (Lipinski definition) is 0. The van der Waals surface area contributed by atoms with Crippen LogP contribution in [0.3, 0.4) is 0 Å². The first-order chi connectivity index (χ1) is 9.88. The van der Waals surface area contributed by atoms with Crippen molar-refractivity contribution in [2.75, 3.05) is 0 Å². The van der Waals surface area contributed by atoms with Crippen LogP contribution in [0.4, 0.5) is 8.78 Å². The Labute approximate surface area is 137 Å². The molecule has 2 rings (SSSR count). The lowest BCUT2D eigenvalue weighted by atomic mass is 10.1. The normalized spacial score (nSPS) is 12.0. The zero-order chi connectivity index (χ0) is 15.6. The summed E-state index contributed by atoms with van der Waals surface area (Å²) in [5, 5.41) is 0. The van der Waals surface area contributed by atoms with E-state index in [-0.39, 0.29) is 5.56 Å². The summed E-state index contributed by atoms with van der Waals surface area (Å²) in [6.07, 6.45) is -0.827. The zero-order valence-corrected chi connectivity index (χ0v) is 14.0. The van der Waals surface area contributed by atoms with Crippen LogP contribution in [0.25, 0.3) is 0 Å². The Hall–Kier alpha value is -1.27. The molecule has 0 heterocycles. The first-order valence-electron chi connectivity index (χ1n) is 5.99. The molecular formula is C15H10Br2F2O2. The molecular weight excluding hydrogens is 410 g/mol. The summed E-state index contributed by atoms with van der Waals surface area (Å²) in [7, 11) is 0. The Balaban J connectivity index is 2.17. The highest BCUT2D eigenvalue weighted by molar-refractivity contribution is 9.11. The molecule has 0 aliphatic rings. The van der Waals surface area contributed by atoms with Crippen LogP contribution in [0.1, 0.15) is 17.3 Å². The quantitative estimate of drug-likeness (QED) is 0.641. The monoisotopic (exact) mass is 418 g/mol. The van der Waals surface area contributed by atoms with Crippen LogP contribution < -0.4 is 4.74 Å². The smallest absolute Gasteiger partial charge is 0.203 e. The van der Waals surface area contributed by atoms with Crippen molar-refractivity contribution in [2.24, 2.45) is 0 Å². The molecule has 0 spiro atoms. The van der Waals surface area contributed by atoms with Crippen molar-refractivity contribution < 1.29 is 18.3 Å². The van der Waals surface area contributed by atoms with Gasteiger partial charge in [0.05, 0.1) is 4.47 Å². The number of hydrogen-bond acceptors (Lipinski definition) is 2. The summed E-state index contributed by atoms with van der Waals surface area (Å²) < 4.78 is 33.1. The second-order valence-electron chi connectivity index (χ2n) is 4.33. The van der Waals surface area contributed by atoms with E-state index in [2.05, 4.69) is 31.9 Å². The highest BCUT2D eigenvalue weighted by atomic mass is 79.9. The van der Waals surface area contributed by atoms with Gasteiger partial charge in [0.15, 0.2) is 17.7 Å². The number of benzene rings is 2. The summed E-state index contributed by atoms with van der Waals surface area (Å²) in [6, 6.07) is 8.28. The van der Waals surface area contributed by atoms with Crippen molar-refractivity contribution in [3.8, 4) is 5.75 Å². The second-order valence-corrected chi connectivity index (χ2v) is 6.10. The third-order valence-electron chi connectivity index (χ3n) is 2.77. The molecule has 1 unspecified atom stereocenters. The lowest BCUT2D eigenvalue weighted by Crippen LogP contribution is -2.24. The topological polar surface area (TPSA) is 26.3 Å². The lowest BCUT2D eigenvalue weighted by Gasteiger charge is -2.15. The number of halogens is 4. The highest BCUT2D eigenvalue weighted by Gasteiger charge is 2.19. The number of carbonyl (C=O) groups excluding carboxylic acids is 1. The fraction of sp³-hybridized carbons (Fsp3) is 0.133. The Morgan fingerprint density at radius 1 is 1.10 bits per heavy atom. The number of ether oxygens (including phenoxy) is 1. The van der Waals surface area contributed by atoms with E-state index in [4.69, 9.17) is 4.74 Å². The molecule has 0 radical (unpaired) electrons.